The molecular weight excluding hydrogens is 213 g/mol. The van der Waals surface area contributed by atoms with Crippen LogP contribution in [-0.4, -0.2) is 23.7 Å². The molecule has 1 atom stereocenters. The number of halogens is 1. The number of aliphatic hydroxyl groups is 1. The normalized spacial score (nSPS) is 12.2. The van der Waals surface area contributed by atoms with Gasteiger partial charge in [0, 0.05) is 5.56 Å². The molecule has 0 aliphatic rings. The summed E-state index contributed by atoms with van der Waals surface area (Å²) in [4.78, 5) is 11.2. The summed E-state index contributed by atoms with van der Waals surface area (Å²) in [6.07, 6.45) is -1.10. The fourth-order valence-corrected chi connectivity index (χ4v) is 1.14. The molecule has 0 fully saturated rings. The molecule has 0 saturated heterocycles. The van der Waals surface area contributed by atoms with Crippen molar-refractivity contribution in [3.05, 3.63) is 35.6 Å². The Morgan fingerprint density at radius 1 is 1.50 bits per heavy atom. The lowest BCUT2D eigenvalue weighted by atomic mass is 10.2. The first-order valence-electron chi connectivity index (χ1n) is 4.93. The van der Waals surface area contributed by atoms with E-state index in [-0.39, 0.29) is 25.1 Å². The first-order valence-corrected chi connectivity index (χ1v) is 4.93. The monoisotopic (exact) mass is 227 g/mol. The summed E-state index contributed by atoms with van der Waals surface area (Å²) >= 11 is 0. The van der Waals surface area contributed by atoms with E-state index in [2.05, 4.69) is 0 Å². The summed E-state index contributed by atoms with van der Waals surface area (Å²) in [5, 5.41) is 9.22. The maximum atomic E-state index is 13.1. The predicted octanol–water partition coefficient (Wildman–Crippen LogP) is 0.579. The van der Waals surface area contributed by atoms with Gasteiger partial charge >= 0.3 is 5.97 Å². The standard InChI is InChI=1S/C11H14FNO3/c12-9-4-2-1-3-8(9)7-16-11(15)10(14)5-6-13/h1-4,10,14H,5-7,13H2. The fraction of sp³-hybridized carbons (Fsp3) is 0.364. The first kappa shape index (κ1) is 12.6. The van der Waals surface area contributed by atoms with Gasteiger partial charge in [0.1, 0.15) is 12.4 Å². The van der Waals surface area contributed by atoms with E-state index < -0.39 is 17.9 Å². The number of rotatable bonds is 5. The van der Waals surface area contributed by atoms with Crippen molar-refractivity contribution in [1.29, 1.82) is 0 Å². The molecule has 1 unspecified atom stereocenters. The van der Waals surface area contributed by atoms with Crippen LogP contribution in [0.5, 0.6) is 0 Å². The van der Waals surface area contributed by atoms with Crippen LogP contribution in [0.3, 0.4) is 0 Å². The average Bonchev–Trinajstić information content (AvgIpc) is 2.28. The van der Waals surface area contributed by atoms with Crippen molar-refractivity contribution in [3.8, 4) is 0 Å². The van der Waals surface area contributed by atoms with Crippen molar-refractivity contribution < 1.29 is 19.0 Å². The van der Waals surface area contributed by atoms with E-state index in [1.807, 2.05) is 0 Å². The van der Waals surface area contributed by atoms with E-state index in [0.717, 1.165) is 0 Å². The molecule has 1 aromatic rings. The van der Waals surface area contributed by atoms with Crippen LogP contribution < -0.4 is 5.73 Å². The van der Waals surface area contributed by atoms with Crippen molar-refractivity contribution >= 4 is 5.97 Å². The second-order valence-corrected chi connectivity index (χ2v) is 3.29. The summed E-state index contributed by atoms with van der Waals surface area (Å²) in [6.45, 7) is 0.00308. The van der Waals surface area contributed by atoms with Crippen molar-refractivity contribution in [2.24, 2.45) is 5.73 Å². The Hall–Kier alpha value is -1.46. The fourth-order valence-electron chi connectivity index (χ4n) is 1.14. The van der Waals surface area contributed by atoms with Gasteiger partial charge in [-0.2, -0.15) is 0 Å². The van der Waals surface area contributed by atoms with Gasteiger partial charge in [0.05, 0.1) is 0 Å². The molecule has 16 heavy (non-hydrogen) atoms. The maximum absolute atomic E-state index is 13.1. The van der Waals surface area contributed by atoms with E-state index in [4.69, 9.17) is 10.5 Å². The summed E-state index contributed by atoms with van der Waals surface area (Å²) in [6, 6.07) is 5.98. The molecule has 0 spiro atoms. The highest BCUT2D eigenvalue weighted by Gasteiger charge is 2.15. The molecule has 0 heterocycles. The Kier molecular flexibility index (Phi) is 4.88. The van der Waals surface area contributed by atoms with Crippen molar-refractivity contribution in [3.63, 3.8) is 0 Å². The molecule has 1 rings (SSSR count). The lowest BCUT2D eigenvalue weighted by molar-refractivity contribution is -0.155. The second kappa shape index (κ2) is 6.19. The minimum Gasteiger partial charge on any atom is -0.459 e. The smallest absolute Gasteiger partial charge is 0.335 e. The zero-order valence-corrected chi connectivity index (χ0v) is 8.73. The van der Waals surface area contributed by atoms with Gasteiger partial charge in [-0.15, -0.1) is 0 Å². The molecule has 0 amide bonds. The van der Waals surface area contributed by atoms with Gasteiger partial charge in [0.25, 0.3) is 0 Å². The van der Waals surface area contributed by atoms with Crippen LogP contribution in [0.15, 0.2) is 24.3 Å². The lowest BCUT2D eigenvalue weighted by Gasteiger charge is -2.09. The van der Waals surface area contributed by atoms with Crippen molar-refractivity contribution in [1.82, 2.24) is 0 Å². The number of nitrogens with two attached hydrogens (primary N) is 1. The summed E-state index contributed by atoms with van der Waals surface area (Å²) in [5.41, 5.74) is 5.44. The molecule has 0 aromatic heterocycles. The maximum Gasteiger partial charge on any atom is 0.335 e. The quantitative estimate of drug-likeness (QED) is 0.722. The summed E-state index contributed by atoms with van der Waals surface area (Å²) in [7, 11) is 0. The summed E-state index contributed by atoms with van der Waals surface area (Å²) < 4.78 is 17.9. The molecule has 3 N–H and O–H groups in total. The highest BCUT2D eigenvalue weighted by atomic mass is 19.1. The molecule has 88 valence electrons. The molecule has 0 aliphatic heterocycles. The number of hydrogen-bond acceptors (Lipinski definition) is 4. The number of carbonyl (C=O) groups excluding carboxylic acids is 1. The molecule has 1 aromatic carbocycles. The lowest BCUT2D eigenvalue weighted by Crippen LogP contribution is -2.25. The Morgan fingerprint density at radius 3 is 2.81 bits per heavy atom. The largest absolute Gasteiger partial charge is 0.459 e. The van der Waals surface area contributed by atoms with Gasteiger partial charge < -0.3 is 15.6 Å². The Morgan fingerprint density at radius 2 is 2.19 bits per heavy atom. The van der Waals surface area contributed by atoms with Gasteiger partial charge in [0.2, 0.25) is 0 Å². The molecule has 5 heteroatoms. The highest BCUT2D eigenvalue weighted by Crippen LogP contribution is 2.08. The number of ether oxygens (including phenoxy) is 1. The molecule has 0 radical (unpaired) electrons. The van der Waals surface area contributed by atoms with Gasteiger partial charge in [-0.05, 0) is 19.0 Å². The van der Waals surface area contributed by atoms with E-state index in [9.17, 15) is 14.3 Å². The van der Waals surface area contributed by atoms with Crippen LogP contribution in [0.4, 0.5) is 4.39 Å². The van der Waals surface area contributed by atoms with Gasteiger partial charge in [0.15, 0.2) is 6.10 Å². The average molecular weight is 227 g/mol. The van der Waals surface area contributed by atoms with E-state index >= 15 is 0 Å². The second-order valence-electron chi connectivity index (χ2n) is 3.29. The van der Waals surface area contributed by atoms with Crippen LogP contribution in [0.25, 0.3) is 0 Å². The van der Waals surface area contributed by atoms with E-state index in [1.54, 1.807) is 12.1 Å². The third-order valence-corrected chi connectivity index (χ3v) is 2.04. The Balaban J connectivity index is 2.46. The van der Waals surface area contributed by atoms with E-state index in [0.29, 0.717) is 0 Å². The van der Waals surface area contributed by atoms with Crippen LogP contribution in [0, 0.1) is 5.82 Å². The number of aliphatic hydroxyl groups excluding tert-OH is 1. The number of carbonyl (C=O) groups is 1. The predicted molar refractivity (Wildman–Crippen MR) is 55.9 cm³/mol. The van der Waals surface area contributed by atoms with Crippen LogP contribution in [-0.2, 0) is 16.1 Å². The minimum absolute atomic E-state index is 0.135. The zero-order chi connectivity index (χ0) is 12.0. The Labute approximate surface area is 92.8 Å². The van der Waals surface area contributed by atoms with Gasteiger partial charge in [-0.25, -0.2) is 9.18 Å². The SMILES string of the molecule is NCCC(O)C(=O)OCc1ccccc1F. The van der Waals surface area contributed by atoms with Crippen LogP contribution in [0.1, 0.15) is 12.0 Å². The van der Waals surface area contributed by atoms with E-state index in [1.165, 1.54) is 12.1 Å². The minimum atomic E-state index is -1.24. The van der Waals surface area contributed by atoms with Gasteiger partial charge in [-0.1, -0.05) is 18.2 Å². The number of esters is 1. The first-order chi connectivity index (χ1) is 7.65. The van der Waals surface area contributed by atoms with Crippen molar-refractivity contribution in [2.75, 3.05) is 6.54 Å². The summed E-state index contributed by atoms with van der Waals surface area (Å²) in [5.74, 6) is -1.22. The molecular formula is C11H14FNO3. The number of hydrogen-bond donors (Lipinski definition) is 2. The molecule has 4 nitrogen and oxygen atoms in total. The Bertz CT molecular complexity index is 357. The highest BCUT2D eigenvalue weighted by molar-refractivity contribution is 5.74. The third-order valence-electron chi connectivity index (χ3n) is 2.04. The molecule has 0 aliphatic carbocycles. The van der Waals surface area contributed by atoms with Crippen molar-refractivity contribution in [2.45, 2.75) is 19.1 Å². The molecule has 0 saturated carbocycles. The van der Waals surface area contributed by atoms with Gasteiger partial charge in [-0.3, -0.25) is 0 Å². The van der Waals surface area contributed by atoms with Crippen LogP contribution >= 0.6 is 0 Å². The topological polar surface area (TPSA) is 72.5 Å². The molecule has 0 bridgehead atoms. The van der Waals surface area contributed by atoms with Crippen LogP contribution in [0.2, 0.25) is 0 Å². The number of benzene rings is 1. The zero-order valence-electron chi connectivity index (χ0n) is 8.73. The third kappa shape index (κ3) is 3.60.